The fourth-order valence-corrected chi connectivity index (χ4v) is 5.89. The van der Waals surface area contributed by atoms with Gasteiger partial charge in [-0.05, 0) is 63.1 Å². The monoisotopic (exact) mass is 582 g/mol. The number of ketones is 1. The summed E-state index contributed by atoms with van der Waals surface area (Å²) in [6.45, 7) is 6.35. The molecule has 3 aromatic rings. The van der Waals surface area contributed by atoms with Crippen molar-refractivity contribution in [3.8, 4) is 5.75 Å². The average molecular weight is 583 g/mol. The first-order chi connectivity index (χ1) is 17.7. The van der Waals surface area contributed by atoms with Crippen molar-refractivity contribution in [1.82, 2.24) is 4.98 Å². The lowest BCUT2D eigenvalue weighted by molar-refractivity contribution is -0.117. The highest BCUT2D eigenvalue weighted by molar-refractivity contribution is 7.93. The molecule has 204 valence electrons. The minimum absolute atomic E-state index is 0.0192. The molecule has 1 atom stereocenters. The molecule has 0 fully saturated rings. The van der Waals surface area contributed by atoms with Gasteiger partial charge < -0.3 is 9.47 Å². The molecule has 1 unspecified atom stereocenters. The molecule has 0 N–H and O–H groups in total. The second kappa shape index (κ2) is 11.8. The van der Waals surface area contributed by atoms with E-state index in [4.69, 9.17) is 21.1 Å². The molecule has 12 heteroatoms. The Balaban J connectivity index is 2.08. The third-order valence-electron chi connectivity index (χ3n) is 5.27. The Morgan fingerprint density at radius 3 is 2.37 bits per heavy atom. The third-order valence-corrected chi connectivity index (χ3v) is 8.22. The van der Waals surface area contributed by atoms with Crippen molar-refractivity contribution < 1.29 is 31.9 Å². The molecule has 38 heavy (non-hydrogen) atoms. The highest BCUT2D eigenvalue weighted by Crippen LogP contribution is 2.34. The summed E-state index contributed by atoms with van der Waals surface area (Å²) in [4.78, 5) is 28.6. The standard InChI is InChI=1S/C26H28ClFN2O6S2/c1-16(27)22(31)12-18-8-11-20(13-21(18)28)38(33,34)30(14-17-6-9-19(35-5)10-7-17)24-23(29-15-37-24)25(32)36-26(2,3)4/h6-11,13,15-16H,12,14H2,1-5H3. The average Bonchev–Trinajstić information content (AvgIpc) is 3.32. The van der Waals surface area contributed by atoms with Crippen LogP contribution in [0.25, 0.3) is 0 Å². The first-order valence-corrected chi connectivity index (χ1v) is 14.3. The predicted molar refractivity (Wildman–Crippen MR) is 144 cm³/mol. The van der Waals surface area contributed by atoms with E-state index in [0.29, 0.717) is 11.3 Å². The lowest BCUT2D eigenvalue weighted by atomic mass is 10.1. The van der Waals surface area contributed by atoms with Crippen LogP contribution in [0, 0.1) is 5.82 Å². The van der Waals surface area contributed by atoms with Gasteiger partial charge in [0.1, 0.15) is 22.2 Å². The number of halogens is 2. The van der Waals surface area contributed by atoms with E-state index in [2.05, 4.69) is 4.98 Å². The number of ether oxygens (including phenoxy) is 2. The number of hydrogen-bond donors (Lipinski definition) is 0. The van der Waals surface area contributed by atoms with E-state index in [0.717, 1.165) is 21.7 Å². The summed E-state index contributed by atoms with van der Waals surface area (Å²) in [6, 6.07) is 10.0. The highest BCUT2D eigenvalue weighted by Gasteiger charge is 2.33. The number of alkyl halides is 1. The maximum atomic E-state index is 14.9. The number of aromatic nitrogens is 1. The molecule has 0 bridgehead atoms. The van der Waals surface area contributed by atoms with E-state index in [1.165, 1.54) is 31.7 Å². The van der Waals surface area contributed by atoms with Crippen LogP contribution in [0.15, 0.2) is 52.9 Å². The first-order valence-electron chi connectivity index (χ1n) is 11.5. The molecule has 0 aliphatic heterocycles. The van der Waals surface area contributed by atoms with Gasteiger partial charge in [-0.25, -0.2) is 22.6 Å². The van der Waals surface area contributed by atoms with Crippen LogP contribution in [-0.2, 0) is 32.5 Å². The van der Waals surface area contributed by atoms with Crippen LogP contribution in [0.5, 0.6) is 5.75 Å². The molecule has 8 nitrogen and oxygen atoms in total. The van der Waals surface area contributed by atoms with Crippen molar-refractivity contribution in [2.24, 2.45) is 0 Å². The lowest BCUT2D eigenvalue weighted by Crippen LogP contribution is -2.32. The van der Waals surface area contributed by atoms with Gasteiger partial charge in [0.05, 0.1) is 29.4 Å². The van der Waals surface area contributed by atoms with E-state index in [1.54, 1.807) is 45.0 Å². The largest absolute Gasteiger partial charge is 0.497 e. The van der Waals surface area contributed by atoms with Crippen molar-refractivity contribution in [3.05, 3.63) is 70.6 Å². The zero-order valence-corrected chi connectivity index (χ0v) is 23.9. The van der Waals surface area contributed by atoms with Gasteiger partial charge in [-0.15, -0.1) is 22.9 Å². The number of thiazole rings is 1. The van der Waals surface area contributed by atoms with E-state index < -0.39 is 38.6 Å². The predicted octanol–water partition coefficient (Wildman–Crippen LogP) is 5.38. The van der Waals surface area contributed by atoms with Crippen molar-refractivity contribution in [2.45, 2.75) is 56.5 Å². The van der Waals surface area contributed by atoms with Crippen LogP contribution >= 0.6 is 22.9 Å². The molecule has 0 amide bonds. The molecule has 0 saturated carbocycles. The maximum Gasteiger partial charge on any atom is 0.360 e. The summed E-state index contributed by atoms with van der Waals surface area (Å²) < 4.78 is 54.3. The van der Waals surface area contributed by atoms with Crippen LogP contribution in [0.1, 0.15) is 49.3 Å². The van der Waals surface area contributed by atoms with Crippen LogP contribution in [0.3, 0.4) is 0 Å². The Labute approximate surface area is 230 Å². The smallest absolute Gasteiger partial charge is 0.360 e. The normalized spacial score (nSPS) is 12.6. The second-order valence-electron chi connectivity index (χ2n) is 9.38. The summed E-state index contributed by atoms with van der Waals surface area (Å²) >= 11 is 6.72. The Morgan fingerprint density at radius 2 is 1.82 bits per heavy atom. The Kier molecular flexibility index (Phi) is 9.17. The topological polar surface area (TPSA) is 103 Å². The first kappa shape index (κ1) is 29.5. The van der Waals surface area contributed by atoms with Gasteiger partial charge in [0, 0.05) is 6.42 Å². The molecule has 0 radical (unpaired) electrons. The van der Waals surface area contributed by atoms with E-state index >= 15 is 0 Å². The zero-order chi connectivity index (χ0) is 28.3. The summed E-state index contributed by atoms with van der Waals surface area (Å²) in [5.74, 6) is -1.47. The Bertz CT molecular complexity index is 1420. The van der Waals surface area contributed by atoms with E-state index in [1.807, 2.05) is 0 Å². The van der Waals surface area contributed by atoms with Crippen molar-refractivity contribution in [3.63, 3.8) is 0 Å². The van der Waals surface area contributed by atoms with Crippen molar-refractivity contribution in [1.29, 1.82) is 0 Å². The number of carbonyl (C=O) groups excluding carboxylic acids is 2. The number of Topliss-reactive ketones (excluding diaryl/α,β-unsaturated/α-hetero) is 1. The van der Waals surface area contributed by atoms with Gasteiger partial charge >= 0.3 is 5.97 Å². The van der Waals surface area contributed by atoms with Gasteiger partial charge in [-0.2, -0.15) is 0 Å². The molecular formula is C26H28ClFN2O6S2. The van der Waals surface area contributed by atoms with Gasteiger partial charge in [-0.1, -0.05) is 18.2 Å². The SMILES string of the molecule is COc1ccc(CN(c2scnc2C(=O)OC(C)(C)C)S(=O)(=O)c2ccc(CC(=O)C(C)Cl)c(F)c2)cc1. The second-order valence-corrected chi connectivity index (χ2v) is 12.7. The molecule has 3 rings (SSSR count). The van der Waals surface area contributed by atoms with Gasteiger partial charge in [0.25, 0.3) is 10.0 Å². The maximum absolute atomic E-state index is 14.9. The number of benzene rings is 2. The number of esters is 1. The molecule has 0 aliphatic rings. The molecular weight excluding hydrogens is 555 g/mol. The molecule has 0 aliphatic carbocycles. The number of nitrogens with zero attached hydrogens (tertiary/aromatic N) is 2. The van der Waals surface area contributed by atoms with Crippen LogP contribution in [0.2, 0.25) is 0 Å². The molecule has 0 saturated heterocycles. The van der Waals surface area contributed by atoms with Gasteiger partial charge in [0.2, 0.25) is 0 Å². The molecule has 0 spiro atoms. The molecule has 1 heterocycles. The number of rotatable bonds is 10. The lowest BCUT2D eigenvalue weighted by Gasteiger charge is -2.25. The number of anilines is 1. The fraction of sp³-hybridized carbons (Fsp3) is 0.346. The number of hydrogen-bond acceptors (Lipinski definition) is 8. The van der Waals surface area contributed by atoms with Crippen LogP contribution < -0.4 is 9.04 Å². The molecule has 1 aromatic heterocycles. The van der Waals surface area contributed by atoms with Crippen molar-refractivity contribution >= 4 is 49.7 Å². The van der Waals surface area contributed by atoms with Crippen molar-refractivity contribution in [2.75, 3.05) is 11.4 Å². The summed E-state index contributed by atoms with van der Waals surface area (Å²) in [7, 11) is -2.90. The number of carbonyl (C=O) groups is 2. The van der Waals surface area contributed by atoms with Crippen LogP contribution in [-0.4, -0.2) is 43.2 Å². The van der Waals surface area contributed by atoms with E-state index in [9.17, 15) is 22.4 Å². The Morgan fingerprint density at radius 1 is 1.16 bits per heavy atom. The van der Waals surface area contributed by atoms with Gasteiger partial charge in [0.15, 0.2) is 11.5 Å². The fourth-order valence-electron chi connectivity index (χ4n) is 3.33. The zero-order valence-electron chi connectivity index (χ0n) is 21.5. The Hall–Kier alpha value is -3.02. The van der Waals surface area contributed by atoms with Crippen LogP contribution in [0.4, 0.5) is 9.39 Å². The third kappa shape index (κ3) is 7.09. The summed E-state index contributed by atoms with van der Waals surface area (Å²) in [5, 5.41) is -0.791. The quantitative estimate of drug-likeness (QED) is 0.233. The van der Waals surface area contributed by atoms with Gasteiger partial charge in [-0.3, -0.25) is 9.10 Å². The summed E-state index contributed by atoms with van der Waals surface area (Å²) in [5.41, 5.74) is 0.926. The van der Waals surface area contributed by atoms with E-state index in [-0.39, 0.29) is 34.1 Å². The number of methoxy groups -OCH3 is 1. The minimum Gasteiger partial charge on any atom is -0.497 e. The summed E-state index contributed by atoms with van der Waals surface area (Å²) in [6.07, 6.45) is -0.274. The highest BCUT2D eigenvalue weighted by atomic mass is 35.5. The minimum atomic E-state index is -4.41. The number of sulfonamides is 1. The molecule has 2 aromatic carbocycles.